The Hall–Kier alpha value is -0.540. The molecule has 0 unspecified atom stereocenters. The van der Waals surface area contributed by atoms with Crippen molar-refractivity contribution in [2.75, 3.05) is 18.5 Å². The fourth-order valence-electron chi connectivity index (χ4n) is 2.70. The van der Waals surface area contributed by atoms with E-state index in [0.29, 0.717) is 0 Å². The highest BCUT2D eigenvalue weighted by Gasteiger charge is 2.21. The molecule has 1 aromatic carbocycles. The molecule has 2 rings (SSSR count). The molecule has 0 spiro atoms. The molecule has 18 heavy (non-hydrogen) atoms. The second-order valence-electron chi connectivity index (χ2n) is 5.12. The van der Waals surface area contributed by atoms with Crippen LogP contribution in [0, 0.1) is 0 Å². The molecule has 0 heterocycles. The minimum absolute atomic E-state index is 0.723. The fourth-order valence-corrected chi connectivity index (χ4v) is 3.41. The molecule has 3 heteroatoms. The molecule has 0 bridgehead atoms. The van der Waals surface area contributed by atoms with Crippen LogP contribution in [-0.4, -0.2) is 19.6 Å². The van der Waals surface area contributed by atoms with Crippen LogP contribution in [0.15, 0.2) is 22.7 Å². The third-order valence-electron chi connectivity index (χ3n) is 3.84. The van der Waals surface area contributed by atoms with Crippen molar-refractivity contribution in [1.29, 1.82) is 0 Å². The lowest BCUT2D eigenvalue weighted by Gasteiger charge is -2.27. The molecular formula is C15H23BrN2. The predicted octanol–water partition coefficient (Wildman–Crippen LogP) is 3.94. The van der Waals surface area contributed by atoms with E-state index in [-0.39, 0.29) is 0 Å². The van der Waals surface area contributed by atoms with E-state index in [1.807, 2.05) is 0 Å². The summed E-state index contributed by atoms with van der Waals surface area (Å²) in [6.45, 7) is 4.10. The average molecular weight is 311 g/mol. The smallest absolute Gasteiger partial charge is 0.0510 e. The van der Waals surface area contributed by atoms with Crippen LogP contribution in [0.3, 0.4) is 0 Å². The van der Waals surface area contributed by atoms with Gasteiger partial charge in [0.05, 0.1) is 5.69 Å². The first-order chi connectivity index (χ1) is 8.72. The Bertz CT molecular complexity index is 386. The summed E-state index contributed by atoms with van der Waals surface area (Å²) in [4.78, 5) is 2.44. The number of hydrogen-bond donors (Lipinski definition) is 1. The third-order valence-corrected chi connectivity index (χ3v) is 4.48. The summed E-state index contributed by atoms with van der Waals surface area (Å²) in [7, 11) is 2.22. The molecule has 0 amide bonds. The predicted molar refractivity (Wildman–Crippen MR) is 82.2 cm³/mol. The molecule has 100 valence electrons. The standard InChI is InChI=1S/C15H23BrN2/c1-3-17-11-12-8-9-15(14(16)10-12)18(2)13-6-4-5-7-13/h8-10,13,17H,3-7,11H2,1-2H3. The van der Waals surface area contributed by atoms with Crippen molar-refractivity contribution in [2.24, 2.45) is 0 Å². The van der Waals surface area contributed by atoms with Gasteiger partial charge in [-0.25, -0.2) is 0 Å². The molecule has 2 nitrogen and oxygen atoms in total. The van der Waals surface area contributed by atoms with E-state index in [0.717, 1.165) is 19.1 Å². The molecular weight excluding hydrogens is 288 g/mol. The van der Waals surface area contributed by atoms with Gasteiger partial charge in [0.1, 0.15) is 0 Å². The number of rotatable bonds is 5. The summed E-state index contributed by atoms with van der Waals surface area (Å²) in [5.41, 5.74) is 2.66. The van der Waals surface area contributed by atoms with Gasteiger partial charge >= 0.3 is 0 Å². The maximum Gasteiger partial charge on any atom is 0.0510 e. The third kappa shape index (κ3) is 3.27. The maximum atomic E-state index is 3.72. The van der Waals surface area contributed by atoms with Gasteiger partial charge in [0.2, 0.25) is 0 Å². The van der Waals surface area contributed by atoms with E-state index in [2.05, 4.69) is 58.3 Å². The molecule has 0 atom stereocenters. The van der Waals surface area contributed by atoms with E-state index in [1.165, 1.54) is 41.4 Å². The molecule has 1 saturated carbocycles. The van der Waals surface area contributed by atoms with Gasteiger partial charge in [0.15, 0.2) is 0 Å². The summed E-state index contributed by atoms with van der Waals surface area (Å²) < 4.78 is 1.22. The molecule has 0 aromatic heterocycles. The monoisotopic (exact) mass is 310 g/mol. The molecule has 0 radical (unpaired) electrons. The van der Waals surface area contributed by atoms with E-state index in [4.69, 9.17) is 0 Å². The first-order valence-electron chi connectivity index (χ1n) is 6.94. The van der Waals surface area contributed by atoms with Crippen molar-refractivity contribution < 1.29 is 0 Å². The van der Waals surface area contributed by atoms with Crippen molar-refractivity contribution in [3.63, 3.8) is 0 Å². The zero-order valence-corrected chi connectivity index (χ0v) is 13.0. The average Bonchev–Trinajstić information content (AvgIpc) is 2.89. The van der Waals surface area contributed by atoms with Crippen molar-refractivity contribution in [1.82, 2.24) is 5.32 Å². The van der Waals surface area contributed by atoms with Crippen LogP contribution in [0.1, 0.15) is 38.2 Å². The van der Waals surface area contributed by atoms with Gasteiger partial charge in [-0.15, -0.1) is 0 Å². The second-order valence-corrected chi connectivity index (χ2v) is 5.97. The highest BCUT2D eigenvalue weighted by molar-refractivity contribution is 9.10. The Morgan fingerprint density at radius 3 is 2.67 bits per heavy atom. The molecule has 1 aliphatic rings. The molecule has 1 N–H and O–H groups in total. The lowest BCUT2D eigenvalue weighted by molar-refractivity contribution is 0.652. The number of anilines is 1. The van der Waals surface area contributed by atoms with Crippen LogP contribution in [0.2, 0.25) is 0 Å². The topological polar surface area (TPSA) is 15.3 Å². The van der Waals surface area contributed by atoms with Gasteiger partial charge < -0.3 is 10.2 Å². The Morgan fingerprint density at radius 1 is 1.33 bits per heavy atom. The molecule has 0 saturated heterocycles. The summed E-state index contributed by atoms with van der Waals surface area (Å²) >= 11 is 3.72. The van der Waals surface area contributed by atoms with Crippen LogP contribution in [0.4, 0.5) is 5.69 Å². The minimum atomic E-state index is 0.723. The Kier molecular flexibility index (Phi) is 5.07. The van der Waals surface area contributed by atoms with Gasteiger partial charge in [-0.1, -0.05) is 25.8 Å². The maximum absolute atomic E-state index is 3.72. The van der Waals surface area contributed by atoms with E-state index >= 15 is 0 Å². The Morgan fingerprint density at radius 2 is 2.06 bits per heavy atom. The SMILES string of the molecule is CCNCc1ccc(N(C)C2CCCC2)c(Br)c1. The first kappa shape index (κ1) is 13.9. The number of benzene rings is 1. The number of nitrogens with one attached hydrogen (secondary N) is 1. The zero-order chi connectivity index (χ0) is 13.0. The second kappa shape index (κ2) is 6.58. The van der Waals surface area contributed by atoms with E-state index in [9.17, 15) is 0 Å². The van der Waals surface area contributed by atoms with E-state index < -0.39 is 0 Å². The first-order valence-corrected chi connectivity index (χ1v) is 7.73. The van der Waals surface area contributed by atoms with Gasteiger partial charge in [-0.3, -0.25) is 0 Å². The normalized spacial score (nSPS) is 16.2. The van der Waals surface area contributed by atoms with Crippen LogP contribution in [-0.2, 0) is 6.54 Å². The van der Waals surface area contributed by atoms with Gasteiger partial charge in [-0.2, -0.15) is 0 Å². The Balaban J connectivity index is 2.08. The van der Waals surface area contributed by atoms with Crippen LogP contribution in [0.25, 0.3) is 0 Å². The van der Waals surface area contributed by atoms with Crippen LogP contribution < -0.4 is 10.2 Å². The minimum Gasteiger partial charge on any atom is -0.371 e. The summed E-state index contributed by atoms with van der Waals surface area (Å²) in [6.07, 6.45) is 5.43. The largest absolute Gasteiger partial charge is 0.371 e. The van der Waals surface area contributed by atoms with Gasteiger partial charge in [0.25, 0.3) is 0 Å². The quantitative estimate of drug-likeness (QED) is 0.886. The van der Waals surface area contributed by atoms with Crippen molar-refractivity contribution in [3.8, 4) is 0 Å². The van der Waals surface area contributed by atoms with Crippen LogP contribution >= 0.6 is 15.9 Å². The lowest BCUT2D eigenvalue weighted by atomic mass is 10.1. The summed E-state index contributed by atoms with van der Waals surface area (Å²) in [6, 6.07) is 7.44. The molecule has 1 fully saturated rings. The van der Waals surface area contributed by atoms with Crippen molar-refractivity contribution in [3.05, 3.63) is 28.2 Å². The van der Waals surface area contributed by atoms with Gasteiger partial charge in [-0.05, 0) is 53.0 Å². The molecule has 1 aliphatic carbocycles. The zero-order valence-electron chi connectivity index (χ0n) is 11.4. The highest BCUT2D eigenvalue weighted by Crippen LogP contribution is 2.32. The van der Waals surface area contributed by atoms with Crippen molar-refractivity contribution in [2.45, 2.75) is 45.2 Å². The van der Waals surface area contributed by atoms with Gasteiger partial charge in [0, 0.05) is 24.1 Å². The van der Waals surface area contributed by atoms with Crippen LogP contribution in [0.5, 0.6) is 0 Å². The summed E-state index contributed by atoms with van der Waals surface area (Å²) in [5.74, 6) is 0. The lowest BCUT2D eigenvalue weighted by Crippen LogP contribution is -2.29. The number of hydrogen-bond acceptors (Lipinski definition) is 2. The summed E-state index contributed by atoms with van der Waals surface area (Å²) in [5, 5.41) is 3.36. The Labute approximate surface area is 119 Å². The highest BCUT2D eigenvalue weighted by atomic mass is 79.9. The fraction of sp³-hybridized carbons (Fsp3) is 0.600. The molecule has 0 aliphatic heterocycles. The van der Waals surface area contributed by atoms with E-state index in [1.54, 1.807) is 0 Å². The number of halogens is 1. The van der Waals surface area contributed by atoms with Crippen molar-refractivity contribution >= 4 is 21.6 Å². The molecule has 1 aromatic rings. The number of nitrogens with zero attached hydrogens (tertiary/aromatic N) is 1.